The molecule has 2 unspecified atom stereocenters. The number of benzene rings is 2. The van der Waals surface area contributed by atoms with Gasteiger partial charge in [0.15, 0.2) is 0 Å². The highest BCUT2D eigenvalue weighted by Gasteiger charge is 2.16. The fourth-order valence-electron chi connectivity index (χ4n) is 4.07. The van der Waals surface area contributed by atoms with Crippen LogP contribution in [0.25, 0.3) is 10.8 Å². The summed E-state index contributed by atoms with van der Waals surface area (Å²) in [5.41, 5.74) is 0.975. The summed E-state index contributed by atoms with van der Waals surface area (Å²) >= 11 is 0. The van der Waals surface area contributed by atoms with Crippen molar-refractivity contribution < 1.29 is 28.5 Å². The molecular weight excluding hydrogens is 468 g/mol. The minimum atomic E-state index is -0.437. The van der Waals surface area contributed by atoms with Gasteiger partial charge in [0.25, 0.3) is 0 Å². The number of ether oxygens (including phenoxy) is 4. The fourth-order valence-corrected chi connectivity index (χ4v) is 4.07. The molecule has 0 aromatic heterocycles. The maximum atomic E-state index is 11.8. The molecule has 0 N–H and O–H groups in total. The van der Waals surface area contributed by atoms with Crippen molar-refractivity contribution in [1.29, 1.82) is 0 Å². The zero-order valence-corrected chi connectivity index (χ0v) is 22.6. The first-order chi connectivity index (χ1) is 17.9. The second-order valence-electron chi connectivity index (χ2n) is 9.21. The van der Waals surface area contributed by atoms with Crippen molar-refractivity contribution in [2.24, 2.45) is 0 Å². The fraction of sp³-hybridized carbons (Fsp3) is 0.484. The van der Waals surface area contributed by atoms with E-state index in [0.717, 1.165) is 73.5 Å². The van der Waals surface area contributed by atoms with Crippen molar-refractivity contribution in [3.8, 4) is 11.5 Å². The Hall–Kier alpha value is -3.28. The minimum Gasteiger partial charge on any atom is -0.490 e. The number of hydrogen-bond acceptors (Lipinski definition) is 6. The van der Waals surface area contributed by atoms with Crippen LogP contribution < -0.4 is 9.47 Å². The molecule has 2 rings (SSSR count). The van der Waals surface area contributed by atoms with Crippen LogP contribution in [0, 0.1) is 6.92 Å². The molecule has 2 atom stereocenters. The number of rotatable bonds is 18. The Morgan fingerprint density at radius 1 is 0.811 bits per heavy atom. The first-order valence-corrected chi connectivity index (χ1v) is 13.4. The molecule has 0 saturated carbocycles. The smallest absolute Gasteiger partial charge is 0.330 e. The van der Waals surface area contributed by atoms with Gasteiger partial charge in [-0.05, 0) is 67.1 Å². The molecule has 2 aromatic rings. The molecule has 0 amide bonds. The van der Waals surface area contributed by atoms with E-state index in [4.69, 9.17) is 18.9 Å². The van der Waals surface area contributed by atoms with Gasteiger partial charge in [0, 0.05) is 12.2 Å². The van der Waals surface area contributed by atoms with Crippen molar-refractivity contribution in [3.05, 3.63) is 61.2 Å². The Labute approximate surface area is 221 Å². The Bertz CT molecular complexity index is 1020. The van der Waals surface area contributed by atoms with Gasteiger partial charge >= 0.3 is 11.9 Å². The second-order valence-corrected chi connectivity index (χ2v) is 9.21. The summed E-state index contributed by atoms with van der Waals surface area (Å²) in [4.78, 5) is 23.5. The lowest BCUT2D eigenvalue weighted by atomic mass is 10.0. The van der Waals surface area contributed by atoms with E-state index in [1.807, 2.05) is 37.3 Å². The van der Waals surface area contributed by atoms with Gasteiger partial charge in [-0.25, -0.2) is 9.59 Å². The molecule has 6 nitrogen and oxygen atoms in total. The van der Waals surface area contributed by atoms with Crippen molar-refractivity contribution in [3.63, 3.8) is 0 Å². The molecule has 0 spiro atoms. The zero-order chi connectivity index (χ0) is 27.0. The molecule has 0 aliphatic carbocycles. The van der Waals surface area contributed by atoms with Crippen LogP contribution in [0.3, 0.4) is 0 Å². The Balaban J connectivity index is 2.11. The van der Waals surface area contributed by atoms with Crippen molar-refractivity contribution in [2.75, 3.05) is 13.2 Å². The standard InChI is InChI=1S/C31H42O6/c1-6-10-12-14-26(36-30(32)8-3)21-34-25-18-16-24-17-19-29(23(5)28(24)20-25)35-22-27(15-13-11-7-2)37-31(33)9-4/h8-9,16-20,26-27H,3-4,6-7,10-15,21-22H2,1-2,5H3. The number of carbonyl (C=O) groups excluding carboxylic acids is 2. The average Bonchev–Trinajstić information content (AvgIpc) is 2.91. The van der Waals surface area contributed by atoms with Crippen LogP contribution in [0.15, 0.2) is 55.6 Å². The topological polar surface area (TPSA) is 71.1 Å². The molecular formula is C31H42O6. The van der Waals surface area contributed by atoms with E-state index in [1.54, 1.807) is 0 Å². The summed E-state index contributed by atoms with van der Waals surface area (Å²) in [5, 5.41) is 2.07. The molecule has 37 heavy (non-hydrogen) atoms. The Kier molecular flexibility index (Phi) is 13.3. The van der Waals surface area contributed by atoms with Crippen LogP contribution in [0.2, 0.25) is 0 Å². The summed E-state index contributed by atoms with van der Waals surface area (Å²) in [5.74, 6) is 0.555. The molecule has 0 aliphatic rings. The summed E-state index contributed by atoms with van der Waals surface area (Å²) in [6.07, 6.45) is 9.46. The first kappa shape index (κ1) is 29.9. The van der Waals surface area contributed by atoms with E-state index < -0.39 is 11.9 Å². The largest absolute Gasteiger partial charge is 0.490 e. The molecule has 0 aliphatic heterocycles. The molecule has 0 radical (unpaired) electrons. The van der Waals surface area contributed by atoms with Crippen molar-refractivity contribution in [2.45, 2.75) is 84.3 Å². The van der Waals surface area contributed by atoms with E-state index in [1.165, 1.54) is 12.2 Å². The number of hydrogen-bond donors (Lipinski definition) is 0. The molecule has 0 heterocycles. The lowest BCUT2D eigenvalue weighted by Crippen LogP contribution is -2.24. The molecule has 6 heteroatoms. The quantitative estimate of drug-likeness (QED) is 0.119. The van der Waals surface area contributed by atoms with E-state index in [-0.39, 0.29) is 25.4 Å². The summed E-state index contributed by atoms with van der Waals surface area (Å²) in [7, 11) is 0. The summed E-state index contributed by atoms with van der Waals surface area (Å²) in [6.45, 7) is 13.8. The van der Waals surface area contributed by atoms with Gasteiger partial charge in [-0.3, -0.25) is 0 Å². The van der Waals surface area contributed by atoms with Crippen LogP contribution in [0.4, 0.5) is 0 Å². The van der Waals surface area contributed by atoms with Gasteiger partial charge in [0.1, 0.15) is 36.9 Å². The van der Waals surface area contributed by atoms with Gasteiger partial charge < -0.3 is 18.9 Å². The number of unbranched alkanes of at least 4 members (excludes halogenated alkanes) is 4. The number of esters is 2. The highest BCUT2D eigenvalue weighted by molar-refractivity contribution is 5.88. The van der Waals surface area contributed by atoms with E-state index >= 15 is 0 Å². The average molecular weight is 511 g/mol. The predicted octanol–water partition coefficient (Wildman–Crippen LogP) is 7.26. The van der Waals surface area contributed by atoms with E-state index in [9.17, 15) is 9.59 Å². The highest BCUT2D eigenvalue weighted by Crippen LogP contribution is 2.31. The van der Waals surface area contributed by atoms with E-state index in [2.05, 4.69) is 27.0 Å². The van der Waals surface area contributed by atoms with Crippen LogP contribution in [0.5, 0.6) is 11.5 Å². The van der Waals surface area contributed by atoms with Crippen LogP contribution in [0.1, 0.15) is 70.8 Å². The summed E-state index contributed by atoms with van der Waals surface area (Å²) < 4.78 is 23.1. The third kappa shape index (κ3) is 10.3. The van der Waals surface area contributed by atoms with Crippen LogP contribution in [-0.4, -0.2) is 37.4 Å². The van der Waals surface area contributed by atoms with Crippen molar-refractivity contribution in [1.82, 2.24) is 0 Å². The molecule has 0 saturated heterocycles. The maximum Gasteiger partial charge on any atom is 0.330 e. The zero-order valence-electron chi connectivity index (χ0n) is 22.6. The SMILES string of the molecule is C=CC(=O)OC(CCCCC)COc1ccc2ccc(OCC(CCCCC)OC(=O)C=C)c(C)c2c1. The normalized spacial score (nSPS) is 12.4. The van der Waals surface area contributed by atoms with Crippen LogP contribution in [-0.2, 0) is 19.1 Å². The highest BCUT2D eigenvalue weighted by atomic mass is 16.6. The van der Waals surface area contributed by atoms with Gasteiger partial charge in [-0.2, -0.15) is 0 Å². The van der Waals surface area contributed by atoms with Gasteiger partial charge in [0.05, 0.1) is 0 Å². The number of fused-ring (bicyclic) bond motifs is 1. The minimum absolute atomic E-state index is 0.276. The monoisotopic (exact) mass is 510 g/mol. The Morgan fingerprint density at radius 3 is 1.89 bits per heavy atom. The van der Waals surface area contributed by atoms with Gasteiger partial charge in [-0.15, -0.1) is 0 Å². The molecule has 0 bridgehead atoms. The Morgan fingerprint density at radius 2 is 1.35 bits per heavy atom. The number of carbonyl (C=O) groups is 2. The number of aryl methyl sites for hydroxylation is 1. The lowest BCUT2D eigenvalue weighted by Gasteiger charge is -2.20. The second kappa shape index (κ2) is 16.5. The van der Waals surface area contributed by atoms with Gasteiger partial charge in [0.2, 0.25) is 0 Å². The third-order valence-corrected chi connectivity index (χ3v) is 6.23. The third-order valence-electron chi connectivity index (χ3n) is 6.23. The van der Waals surface area contributed by atoms with Gasteiger partial charge in [-0.1, -0.05) is 64.8 Å². The maximum absolute atomic E-state index is 11.8. The predicted molar refractivity (Wildman–Crippen MR) is 148 cm³/mol. The van der Waals surface area contributed by atoms with E-state index in [0.29, 0.717) is 5.75 Å². The molecule has 202 valence electrons. The van der Waals surface area contributed by atoms with Crippen LogP contribution >= 0.6 is 0 Å². The lowest BCUT2D eigenvalue weighted by molar-refractivity contribution is -0.145. The summed E-state index contributed by atoms with van der Waals surface area (Å²) in [6, 6.07) is 9.84. The molecule has 2 aromatic carbocycles. The van der Waals surface area contributed by atoms with Crippen molar-refractivity contribution >= 4 is 22.7 Å². The first-order valence-electron chi connectivity index (χ1n) is 13.4. The molecule has 0 fully saturated rings.